The Labute approximate surface area is 71.8 Å². The van der Waals surface area contributed by atoms with E-state index in [-0.39, 0.29) is 0 Å². The first-order valence-electron chi connectivity index (χ1n) is 3.88. The lowest BCUT2D eigenvalue weighted by Gasteiger charge is -2.05. The minimum atomic E-state index is 0.359. The molecule has 12 heavy (non-hydrogen) atoms. The number of nitrogens with two attached hydrogens (primary N) is 1. The number of nitrogen functional groups attached to an aromatic ring is 1. The molecule has 0 bridgehead atoms. The van der Waals surface area contributed by atoms with Gasteiger partial charge in [0.2, 0.25) is 0 Å². The van der Waals surface area contributed by atoms with Crippen LogP contribution < -0.4 is 10.5 Å². The van der Waals surface area contributed by atoms with Crippen LogP contribution in [0.25, 0.3) is 0 Å². The van der Waals surface area contributed by atoms with Gasteiger partial charge in [-0.1, -0.05) is 0 Å². The van der Waals surface area contributed by atoms with Gasteiger partial charge < -0.3 is 10.5 Å². The summed E-state index contributed by atoms with van der Waals surface area (Å²) in [6, 6.07) is 0.359. The summed E-state index contributed by atoms with van der Waals surface area (Å²) in [7, 11) is 0. The van der Waals surface area contributed by atoms with Crippen molar-refractivity contribution in [1.82, 2.24) is 9.97 Å². The minimum absolute atomic E-state index is 0.359. The van der Waals surface area contributed by atoms with Gasteiger partial charge in [0.1, 0.15) is 5.82 Å². The van der Waals surface area contributed by atoms with Crippen LogP contribution in [0.2, 0.25) is 0 Å². The molecule has 2 N–H and O–H groups in total. The van der Waals surface area contributed by atoms with E-state index >= 15 is 0 Å². The second-order valence-corrected chi connectivity index (χ2v) is 2.53. The molecule has 0 saturated heterocycles. The van der Waals surface area contributed by atoms with Gasteiger partial charge in [0, 0.05) is 11.3 Å². The number of aryl methyl sites for hydroxylation is 1. The summed E-state index contributed by atoms with van der Waals surface area (Å²) in [5.74, 6) is 0.492. The SMILES string of the molecule is CCOc1nc(C)c(C)c(N)n1. The van der Waals surface area contributed by atoms with E-state index in [0.29, 0.717) is 18.4 Å². The highest BCUT2D eigenvalue weighted by atomic mass is 16.5. The van der Waals surface area contributed by atoms with Gasteiger partial charge >= 0.3 is 6.01 Å². The van der Waals surface area contributed by atoms with E-state index in [4.69, 9.17) is 10.5 Å². The molecule has 0 aromatic carbocycles. The molecule has 66 valence electrons. The molecule has 0 spiro atoms. The van der Waals surface area contributed by atoms with Crippen LogP contribution in [0.4, 0.5) is 5.82 Å². The Hall–Kier alpha value is -1.32. The molecule has 0 radical (unpaired) electrons. The number of ether oxygens (including phenoxy) is 1. The Morgan fingerprint density at radius 1 is 1.33 bits per heavy atom. The van der Waals surface area contributed by atoms with Crippen LogP contribution in [-0.4, -0.2) is 16.6 Å². The summed E-state index contributed by atoms with van der Waals surface area (Å²) in [6.45, 7) is 6.22. The number of aromatic nitrogens is 2. The molecule has 1 aromatic heterocycles. The molecule has 1 heterocycles. The second-order valence-electron chi connectivity index (χ2n) is 2.53. The van der Waals surface area contributed by atoms with E-state index in [1.807, 2.05) is 20.8 Å². The Morgan fingerprint density at radius 2 is 2.00 bits per heavy atom. The van der Waals surface area contributed by atoms with Crippen LogP contribution >= 0.6 is 0 Å². The predicted molar refractivity (Wildman–Crippen MR) is 47.1 cm³/mol. The fraction of sp³-hybridized carbons (Fsp3) is 0.500. The van der Waals surface area contributed by atoms with Crippen LogP contribution in [0, 0.1) is 13.8 Å². The number of hydrogen-bond acceptors (Lipinski definition) is 4. The van der Waals surface area contributed by atoms with E-state index in [9.17, 15) is 0 Å². The van der Waals surface area contributed by atoms with Crippen LogP contribution in [0.5, 0.6) is 6.01 Å². The Balaban J connectivity index is 3.04. The summed E-state index contributed by atoms with van der Waals surface area (Å²) in [6.07, 6.45) is 0. The topological polar surface area (TPSA) is 61.0 Å². The lowest BCUT2D eigenvalue weighted by Crippen LogP contribution is -2.04. The normalized spacial score (nSPS) is 9.92. The van der Waals surface area contributed by atoms with Gasteiger partial charge in [-0.25, -0.2) is 4.98 Å². The average Bonchev–Trinajstić information content (AvgIpc) is 2.01. The van der Waals surface area contributed by atoms with Crippen molar-refractivity contribution in [3.63, 3.8) is 0 Å². The zero-order chi connectivity index (χ0) is 9.14. The fourth-order valence-corrected chi connectivity index (χ4v) is 0.818. The first-order valence-corrected chi connectivity index (χ1v) is 3.88. The largest absolute Gasteiger partial charge is 0.464 e. The van der Waals surface area contributed by atoms with Gasteiger partial charge in [-0.05, 0) is 20.8 Å². The third kappa shape index (κ3) is 1.64. The van der Waals surface area contributed by atoms with Gasteiger partial charge in [0.25, 0.3) is 0 Å². The predicted octanol–water partition coefficient (Wildman–Crippen LogP) is 1.07. The summed E-state index contributed by atoms with van der Waals surface area (Å²) < 4.78 is 5.12. The van der Waals surface area contributed by atoms with Crippen molar-refractivity contribution in [3.05, 3.63) is 11.3 Å². The number of anilines is 1. The molecule has 4 heteroatoms. The van der Waals surface area contributed by atoms with Gasteiger partial charge in [-0.3, -0.25) is 0 Å². The average molecular weight is 167 g/mol. The maximum absolute atomic E-state index is 5.62. The zero-order valence-corrected chi connectivity index (χ0v) is 7.59. The molecule has 1 rings (SSSR count). The Kier molecular flexibility index (Phi) is 2.47. The van der Waals surface area contributed by atoms with E-state index in [1.54, 1.807) is 0 Å². The highest BCUT2D eigenvalue weighted by Crippen LogP contribution is 2.14. The molecular weight excluding hydrogens is 154 g/mol. The number of hydrogen-bond donors (Lipinski definition) is 1. The fourth-order valence-electron chi connectivity index (χ4n) is 0.818. The molecule has 0 atom stereocenters. The summed E-state index contributed by atoms with van der Waals surface area (Å²) in [4.78, 5) is 8.08. The van der Waals surface area contributed by atoms with E-state index < -0.39 is 0 Å². The molecule has 1 aromatic rings. The molecule has 0 saturated carbocycles. The molecule has 0 amide bonds. The summed E-state index contributed by atoms with van der Waals surface area (Å²) >= 11 is 0. The molecule has 0 aliphatic carbocycles. The maximum Gasteiger partial charge on any atom is 0.318 e. The zero-order valence-electron chi connectivity index (χ0n) is 7.59. The third-order valence-corrected chi connectivity index (χ3v) is 1.68. The highest BCUT2D eigenvalue weighted by Gasteiger charge is 2.04. The van der Waals surface area contributed by atoms with Gasteiger partial charge in [0.05, 0.1) is 6.61 Å². The van der Waals surface area contributed by atoms with Crippen LogP contribution in [-0.2, 0) is 0 Å². The standard InChI is InChI=1S/C8H13N3O/c1-4-12-8-10-6(3)5(2)7(9)11-8/h4H2,1-3H3,(H2,9,10,11). The summed E-state index contributed by atoms with van der Waals surface area (Å²) in [5, 5.41) is 0. The van der Waals surface area contributed by atoms with Crippen molar-refractivity contribution in [3.8, 4) is 6.01 Å². The molecule has 0 aliphatic heterocycles. The number of nitrogens with zero attached hydrogens (tertiary/aromatic N) is 2. The minimum Gasteiger partial charge on any atom is -0.464 e. The molecule has 0 unspecified atom stereocenters. The van der Waals surface area contributed by atoms with Crippen molar-refractivity contribution in [2.75, 3.05) is 12.3 Å². The van der Waals surface area contributed by atoms with Crippen molar-refractivity contribution >= 4 is 5.82 Å². The highest BCUT2D eigenvalue weighted by molar-refractivity contribution is 5.41. The van der Waals surface area contributed by atoms with Gasteiger partial charge in [-0.2, -0.15) is 4.98 Å². The summed E-state index contributed by atoms with van der Waals surface area (Å²) in [5.41, 5.74) is 7.40. The van der Waals surface area contributed by atoms with E-state index in [2.05, 4.69) is 9.97 Å². The van der Waals surface area contributed by atoms with Crippen LogP contribution in [0.15, 0.2) is 0 Å². The molecule has 0 fully saturated rings. The first kappa shape index (κ1) is 8.77. The van der Waals surface area contributed by atoms with Gasteiger partial charge in [-0.15, -0.1) is 0 Å². The van der Waals surface area contributed by atoms with E-state index in [1.165, 1.54) is 0 Å². The molecule has 0 aliphatic rings. The monoisotopic (exact) mass is 167 g/mol. The van der Waals surface area contributed by atoms with E-state index in [0.717, 1.165) is 11.3 Å². The van der Waals surface area contributed by atoms with Crippen molar-refractivity contribution in [1.29, 1.82) is 0 Å². The first-order chi connectivity index (χ1) is 5.65. The van der Waals surface area contributed by atoms with Crippen molar-refractivity contribution < 1.29 is 4.74 Å². The van der Waals surface area contributed by atoms with Crippen molar-refractivity contribution in [2.45, 2.75) is 20.8 Å². The van der Waals surface area contributed by atoms with Crippen LogP contribution in [0.1, 0.15) is 18.2 Å². The Bertz CT molecular complexity index is 263. The van der Waals surface area contributed by atoms with Crippen LogP contribution in [0.3, 0.4) is 0 Å². The third-order valence-electron chi connectivity index (χ3n) is 1.68. The molecular formula is C8H13N3O. The molecule has 4 nitrogen and oxygen atoms in total. The smallest absolute Gasteiger partial charge is 0.318 e. The van der Waals surface area contributed by atoms with Gasteiger partial charge in [0.15, 0.2) is 0 Å². The lowest BCUT2D eigenvalue weighted by molar-refractivity contribution is 0.312. The quantitative estimate of drug-likeness (QED) is 0.715. The number of rotatable bonds is 2. The lowest BCUT2D eigenvalue weighted by atomic mass is 10.2. The maximum atomic E-state index is 5.62. The Morgan fingerprint density at radius 3 is 2.50 bits per heavy atom. The van der Waals surface area contributed by atoms with Crippen molar-refractivity contribution in [2.24, 2.45) is 0 Å². The second kappa shape index (κ2) is 3.38.